The second-order valence-electron chi connectivity index (χ2n) is 3.98. The molecular formula is C11H6N4O7S. The number of nitrogens with zero attached hydrogens (tertiary/aromatic N) is 3. The minimum atomic E-state index is -1.52. The number of carbonyl (C=O) groups is 2. The van der Waals surface area contributed by atoms with E-state index in [1.807, 2.05) is 0 Å². The molecule has 118 valence electrons. The molecule has 2 aromatic rings. The van der Waals surface area contributed by atoms with Gasteiger partial charge in [-0.2, -0.15) is 0 Å². The van der Waals surface area contributed by atoms with Crippen LogP contribution in [0.1, 0.15) is 20.7 Å². The highest BCUT2D eigenvalue weighted by Crippen LogP contribution is 2.28. The zero-order valence-corrected chi connectivity index (χ0v) is 11.8. The zero-order chi connectivity index (χ0) is 17.1. The Kier molecular flexibility index (Phi) is 4.27. The topological polar surface area (TPSA) is 166 Å². The molecule has 12 heteroatoms. The van der Waals surface area contributed by atoms with Crippen LogP contribution in [0.2, 0.25) is 0 Å². The molecule has 0 fully saturated rings. The van der Waals surface area contributed by atoms with E-state index in [1.165, 1.54) is 0 Å². The van der Waals surface area contributed by atoms with Crippen molar-refractivity contribution in [3.8, 4) is 0 Å². The van der Waals surface area contributed by atoms with Gasteiger partial charge in [-0.25, -0.2) is 9.78 Å². The van der Waals surface area contributed by atoms with E-state index in [4.69, 9.17) is 5.11 Å². The Morgan fingerprint density at radius 3 is 2.43 bits per heavy atom. The van der Waals surface area contributed by atoms with Crippen molar-refractivity contribution in [2.24, 2.45) is 0 Å². The molecule has 0 saturated heterocycles. The monoisotopic (exact) mass is 338 g/mol. The van der Waals surface area contributed by atoms with Crippen LogP contribution in [-0.4, -0.2) is 31.8 Å². The summed E-state index contributed by atoms with van der Waals surface area (Å²) in [5.41, 5.74) is -1.93. The van der Waals surface area contributed by atoms with Gasteiger partial charge in [-0.1, -0.05) is 6.07 Å². The fraction of sp³-hybridized carbons (Fsp3) is 0. The number of hydrogen-bond donors (Lipinski definition) is 2. The summed E-state index contributed by atoms with van der Waals surface area (Å²) in [6.07, 6.45) is 0.901. The predicted molar refractivity (Wildman–Crippen MR) is 76.8 cm³/mol. The van der Waals surface area contributed by atoms with Gasteiger partial charge >= 0.3 is 11.0 Å². The Morgan fingerprint density at radius 2 is 1.91 bits per heavy atom. The van der Waals surface area contributed by atoms with Crippen LogP contribution in [0.3, 0.4) is 0 Å². The highest BCUT2D eigenvalue weighted by molar-refractivity contribution is 7.18. The number of thiazole rings is 1. The smallest absolute Gasteiger partial charge is 0.345 e. The van der Waals surface area contributed by atoms with E-state index in [0.717, 1.165) is 24.4 Å². The van der Waals surface area contributed by atoms with Crippen LogP contribution in [0.25, 0.3) is 0 Å². The van der Waals surface area contributed by atoms with E-state index in [0.29, 0.717) is 11.3 Å². The number of aromatic nitrogens is 1. The van der Waals surface area contributed by atoms with E-state index in [9.17, 15) is 29.8 Å². The van der Waals surface area contributed by atoms with Crippen LogP contribution < -0.4 is 5.32 Å². The summed E-state index contributed by atoms with van der Waals surface area (Å²) in [5.74, 6) is -2.62. The number of carboxylic acid groups (broad SMARTS) is 1. The zero-order valence-electron chi connectivity index (χ0n) is 11.0. The molecule has 1 aromatic carbocycles. The third-order valence-electron chi connectivity index (χ3n) is 2.59. The van der Waals surface area contributed by atoms with Crippen molar-refractivity contribution in [3.05, 3.63) is 55.8 Å². The van der Waals surface area contributed by atoms with Gasteiger partial charge in [0, 0.05) is 6.07 Å². The second kappa shape index (κ2) is 6.15. The maximum atomic E-state index is 12.2. The molecule has 0 aliphatic heterocycles. The van der Waals surface area contributed by atoms with Crippen molar-refractivity contribution < 1.29 is 24.5 Å². The van der Waals surface area contributed by atoms with E-state index >= 15 is 0 Å². The summed E-state index contributed by atoms with van der Waals surface area (Å²) in [7, 11) is 0. The fourth-order valence-electron chi connectivity index (χ4n) is 1.68. The number of carboxylic acids is 1. The minimum Gasteiger partial charge on any atom is -0.478 e. The fourth-order valence-corrected chi connectivity index (χ4v) is 2.30. The van der Waals surface area contributed by atoms with E-state index in [2.05, 4.69) is 10.3 Å². The number of amides is 1. The van der Waals surface area contributed by atoms with Crippen LogP contribution >= 0.6 is 11.3 Å². The molecule has 0 bridgehead atoms. The van der Waals surface area contributed by atoms with Crippen LogP contribution in [-0.2, 0) is 0 Å². The van der Waals surface area contributed by atoms with Gasteiger partial charge in [0.15, 0.2) is 5.13 Å². The molecule has 0 atom stereocenters. The van der Waals surface area contributed by atoms with Crippen molar-refractivity contribution in [2.45, 2.75) is 0 Å². The quantitative estimate of drug-likeness (QED) is 0.616. The third kappa shape index (κ3) is 3.26. The van der Waals surface area contributed by atoms with E-state index in [1.54, 1.807) is 0 Å². The summed E-state index contributed by atoms with van der Waals surface area (Å²) in [4.78, 5) is 46.8. The maximum absolute atomic E-state index is 12.2. The molecule has 1 aromatic heterocycles. The van der Waals surface area contributed by atoms with Crippen molar-refractivity contribution >= 4 is 39.0 Å². The third-order valence-corrected chi connectivity index (χ3v) is 3.45. The van der Waals surface area contributed by atoms with Crippen LogP contribution in [0.15, 0.2) is 24.4 Å². The van der Waals surface area contributed by atoms with Crippen molar-refractivity contribution in [3.63, 3.8) is 0 Å². The normalized spacial score (nSPS) is 10.1. The lowest BCUT2D eigenvalue weighted by atomic mass is 10.0. The lowest BCUT2D eigenvalue weighted by molar-refractivity contribution is -0.385. The summed E-state index contributed by atoms with van der Waals surface area (Å²) >= 11 is 0.533. The minimum absolute atomic E-state index is 0.184. The summed E-state index contributed by atoms with van der Waals surface area (Å²) in [6, 6.07) is 3.15. The number of hydrogen-bond acceptors (Lipinski definition) is 8. The van der Waals surface area contributed by atoms with Gasteiger partial charge < -0.3 is 5.11 Å². The van der Waals surface area contributed by atoms with Gasteiger partial charge in [0.05, 0.1) is 15.4 Å². The maximum Gasteiger partial charge on any atom is 0.345 e. The molecule has 11 nitrogen and oxygen atoms in total. The first kappa shape index (κ1) is 16.0. The average Bonchev–Trinajstić information content (AvgIpc) is 2.94. The van der Waals surface area contributed by atoms with Crippen LogP contribution in [0, 0.1) is 20.2 Å². The van der Waals surface area contributed by atoms with Gasteiger partial charge in [-0.05, 0) is 17.4 Å². The molecular weight excluding hydrogens is 332 g/mol. The average molecular weight is 338 g/mol. The van der Waals surface area contributed by atoms with Crippen molar-refractivity contribution in [1.82, 2.24) is 4.98 Å². The number of nitro benzene ring substituents is 1. The molecule has 0 unspecified atom stereocenters. The molecule has 0 saturated carbocycles. The van der Waals surface area contributed by atoms with Gasteiger partial charge in [0.1, 0.15) is 11.8 Å². The molecule has 1 amide bonds. The first-order valence-electron chi connectivity index (χ1n) is 5.73. The summed E-state index contributed by atoms with van der Waals surface area (Å²) < 4.78 is 0. The highest BCUT2D eigenvalue weighted by Gasteiger charge is 2.28. The lowest BCUT2D eigenvalue weighted by Crippen LogP contribution is -2.18. The first-order valence-corrected chi connectivity index (χ1v) is 6.55. The summed E-state index contributed by atoms with van der Waals surface area (Å²) in [5, 5.41) is 32.2. The first-order chi connectivity index (χ1) is 10.8. The van der Waals surface area contributed by atoms with E-state index < -0.39 is 38.5 Å². The Labute approximate surface area is 130 Å². The number of rotatable bonds is 5. The standard InChI is InChI=1S/C11H6N4O7S/c16-9(13-11-12-4-7(23-11)15(21)22)8-5(10(17)18)2-1-3-6(8)14(19)20/h1-4H,(H,17,18)(H,12,13,16). The number of carbonyl (C=O) groups excluding carboxylic acids is 1. The number of aromatic carboxylic acids is 1. The molecule has 2 rings (SSSR count). The molecule has 1 heterocycles. The Bertz CT molecular complexity index is 799. The van der Waals surface area contributed by atoms with Gasteiger partial charge in [0.25, 0.3) is 11.6 Å². The Balaban J connectivity index is 2.43. The Morgan fingerprint density at radius 1 is 1.22 bits per heavy atom. The van der Waals surface area contributed by atoms with Crippen molar-refractivity contribution in [1.29, 1.82) is 0 Å². The molecule has 0 radical (unpaired) electrons. The molecule has 2 N–H and O–H groups in total. The van der Waals surface area contributed by atoms with Crippen LogP contribution in [0.5, 0.6) is 0 Å². The Hall–Kier alpha value is -3.41. The molecule has 0 spiro atoms. The SMILES string of the molecule is O=C(O)c1cccc([N+](=O)[O-])c1C(=O)Nc1ncc([N+](=O)[O-])s1. The molecule has 23 heavy (non-hydrogen) atoms. The second-order valence-corrected chi connectivity index (χ2v) is 4.99. The van der Waals surface area contributed by atoms with Gasteiger partial charge in [-0.15, -0.1) is 0 Å². The predicted octanol–water partition coefficient (Wildman–Crippen LogP) is 1.91. The highest BCUT2D eigenvalue weighted by atomic mass is 32.1. The van der Waals surface area contributed by atoms with Crippen LogP contribution in [0.4, 0.5) is 15.8 Å². The van der Waals surface area contributed by atoms with Gasteiger partial charge in [-0.3, -0.25) is 30.3 Å². The largest absolute Gasteiger partial charge is 0.478 e. The number of anilines is 1. The number of benzene rings is 1. The lowest BCUT2D eigenvalue weighted by Gasteiger charge is -2.06. The van der Waals surface area contributed by atoms with Crippen molar-refractivity contribution in [2.75, 3.05) is 5.32 Å². The van der Waals surface area contributed by atoms with E-state index in [-0.39, 0.29) is 10.1 Å². The van der Waals surface area contributed by atoms with Gasteiger partial charge in [0.2, 0.25) is 0 Å². The number of nitro groups is 2. The number of nitrogens with one attached hydrogen (secondary N) is 1. The molecule has 0 aliphatic carbocycles. The molecule has 0 aliphatic rings. The summed E-state index contributed by atoms with van der Waals surface area (Å²) in [6.45, 7) is 0.